The van der Waals surface area contributed by atoms with Crippen molar-refractivity contribution in [3.63, 3.8) is 0 Å². The van der Waals surface area contributed by atoms with E-state index in [1.165, 1.54) is 6.33 Å². The Hall–Kier alpha value is -3.02. The highest BCUT2D eigenvalue weighted by atomic mass is 32.1. The number of nitrogens with zero attached hydrogens (tertiary/aromatic N) is 7. The molecule has 178 valence electrons. The molecular weight excluding hydrogens is 464 g/mol. The molecule has 11 heteroatoms. The van der Waals surface area contributed by atoms with E-state index in [-0.39, 0.29) is 0 Å². The van der Waals surface area contributed by atoms with E-state index in [9.17, 15) is 0 Å². The van der Waals surface area contributed by atoms with Crippen molar-refractivity contribution in [3.05, 3.63) is 48.1 Å². The standard InChI is InChI=1S/C23H30N8OSSi/c1-16(2)22-29-30-23(33-22)31(15-32-8-9-34(3,4)5)21-7-6-19-20(28-21)10-17(13-26-19)27-18-11-24-14-25-12-18/h6-7,10-14,16,27H,8-9,15H2,1-5H3. The van der Waals surface area contributed by atoms with Gasteiger partial charge in [-0.1, -0.05) is 44.8 Å². The largest absolute Gasteiger partial charge is 0.361 e. The van der Waals surface area contributed by atoms with Crippen molar-refractivity contribution < 1.29 is 4.74 Å². The minimum Gasteiger partial charge on any atom is -0.361 e. The molecule has 9 nitrogen and oxygen atoms in total. The second kappa shape index (κ2) is 10.5. The molecule has 0 saturated heterocycles. The summed E-state index contributed by atoms with van der Waals surface area (Å²) in [6.07, 6.45) is 6.69. The number of nitrogens with one attached hydrogen (secondary N) is 1. The highest BCUT2D eigenvalue weighted by Gasteiger charge is 2.19. The quantitative estimate of drug-likeness (QED) is 0.172. The first-order valence-electron chi connectivity index (χ1n) is 11.3. The molecule has 0 bridgehead atoms. The lowest BCUT2D eigenvalue weighted by molar-refractivity contribution is 0.153. The number of rotatable bonds is 10. The summed E-state index contributed by atoms with van der Waals surface area (Å²) in [6.45, 7) is 12.3. The summed E-state index contributed by atoms with van der Waals surface area (Å²) in [5.74, 6) is 1.05. The Balaban J connectivity index is 1.61. The van der Waals surface area contributed by atoms with Crippen LogP contribution in [0.25, 0.3) is 11.0 Å². The smallest absolute Gasteiger partial charge is 0.215 e. The van der Waals surface area contributed by atoms with Gasteiger partial charge in [0.1, 0.15) is 23.9 Å². The van der Waals surface area contributed by atoms with E-state index >= 15 is 0 Å². The van der Waals surface area contributed by atoms with Gasteiger partial charge in [0.05, 0.1) is 41.0 Å². The molecule has 0 unspecified atom stereocenters. The van der Waals surface area contributed by atoms with E-state index in [2.05, 4.69) is 64.0 Å². The van der Waals surface area contributed by atoms with Crippen molar-refractivity contribution in [1.29, 1.82) is 0 Å². The minimum atomic E-state index is -1.18. The molecule has 0 fully saturated rings. The van der Waals surface area contributed by atoms with Gasteiger partial charge >= 0.3 is 0 Å². The fraction of sp³-hybridized carbons (Fsp3) is 0.391. The lowest BCUT2D eigenvalue weighted by Crippen LogP contribution is -2.26. The summed E-state index contributed by atoms with van der Waals surface area (Å²) in [5, 5.41) is 13.8. The molecule has 0 spiro atoms. The van der Waals surface area contributed by atoms with Crippen LogP contribution in [0.3, 0.4) is 0 Å². The molecular formula is C23H30N8OSSi. The van der Waals surface area contributed by atoms with Gasteiger partial charge in [-0.3, -0.25) is 9.88 Å². The van der Waals surface area contributed by atoms with Crippen LogP contribution < -0.4 is 10.2 Å². The van der Waals surface area contributed by atoms with Gasteiger partial charge in [-0.2, -0.15) is 0 Å². The number of anilines is 4. The van der Waals surface area contributed by atoms with Crippen molar-refractivity contribution in [1.82, 2.24) is 30.1 Å². The average molecular weight is 495 g/mol. The summed E-state index contributed by atoms with van der Waals surface area (Å²) < 4.78 is 6.08. The fourth-order valence-electron chi connectivity index (χ4n) is 3.07. The van der Waals surface area contributed by atoms with Crippen LogP contribution >= 0.6 is 11.3 Å². The first-order valence-corrected chi connectivity index (χ1v) is 15.8. The normalized spacial score (nSPS) is 11.8. The number of aromatic nitrogens is 6. The maximum Gasteiger partial charge on any atom is 0.215 e. The Morgan fingerprint density at radius 3 is 2.53 bits per heavy atom. The number of ether oxygens (including phenoxy) is 1. The molecule has 34 heavy (non-hydrogen) atoms. The van der Waals surface area contributed by atoms with E-state index in [1.54, 1.807) is 29.9 Å². The van der Waals surface area contributed by atoms with Gasteiger partial charge in [0.2, 0.25) is 5.13 Å². The van der Waals surface area contributed by atoms with Gasteiger partial charge in [0.15, 0.2) is 0 Å². The molecule has 1 N–H and O–H groups in total. The average Bonchev–Trinajstić information content (AvgIpc) is 3.29. The van der Waals surface area contributed by atoms with Gasteiger partial charge in [0.25, 0.3) is 0 Å². The lowest BCUT2D eigenvalue weighted by Gasteiger charge is -2.22. The van der Waals surface area contributed by atoms with Gasteiger partial charge in [-0.15, -0.1) is 10.2 Å². The molecule has 4 rings (SSSR count). The van der Waals surface area contributed by atoms with Crippen LogP contribution in [0.15, 0.2) is 43.1 Å². The van der Waals surface area contributed by atoms with Crippen molar-refractivity contribution in [3.8, 4) is 0 Å². The maximum absolute atomic E-state index is 6.08. The molecule has 0 aliphatic heterocycles. The van der Waals surface area contributed by atoms with Crippen LogP contribution in [-0.4, -0.2) is 51.5 Å². The molecule has 4 aromatic rings. The van der Waals surface area contributed by atoms with E-state index in [0.29, 0.717) is 19.3 Å². The van der Waals surface area contributed by atoms with E-state index in [4.69, 9.17) is 9.72 Å². The topological polar surface area (TPSA) is 102 Å². The molecule has 0 saturated carbocycles. The Kier molecular flexibility index (Phi) is 7.44. The monoisotopic (exact) mass is 494 g/mol. The maximum atomic E-state index is 6.08. The van der Waals surface area contributed by atoms with Gasteiger partial charge in [-0.05, 0) is 24.2 Å². The second-order valence-electron chi connectivity index (χ2n) is 9.54. The SMILES string of the molecule is CC(C)c1nnc(N(COCC[Si](C)(C)C)c2ccc3ncc(Nc4cncnc4)cc3n2)s1. The van der Waals surface area contributed by atoms with Crippen molar-refractivity contribution in [2.24, 2.45) is 0 Å². The number of pyridine rings is 2. The van der Waals surface area contributed by atoms with Crippen LogP contribution in [0.1, 0.15) is 24.8 Å². The van der Waals surface area contributed by atoms with Crippen LogP contribution in [0.5, 0.6) is 0 Å². The number of hydrogen-bond donors (Lipinski definition) is 1. The zero-order chi connectivity index (χ0) is 24.1. The first-order chi connectivity index (χ1) is 16.3. The molecule has 0 atom stereocenters. The number of fused-ring (bicyclic) bond motifs is 1. The van der Waals surface area contributed by atoms with Gasteiger partial charge < -0.3 is 10.1 Å². The molecule has 4 heterocycles. The summed E-state index contributed by atoms with van der Waals surface area (Å²) >= 11 is 1.57. The van der Waals surface area contributed by atoms with Crippen molar-refractivity contribution >= 4 is 52.8 Å². The third-order valence-electron chi connectivity index (χ3n) is 5.02. The molecule has 0 radical (unpaired) electrons. The zero-order valence-corrected chi connectivity index (χ0v) is 22.0. The van der Waals surface area contributed by atoms with Crippen LogP contribution in [0.4, 0.5) is 22.3 Å². The predicted molar refractivity (Wildman–Crippen MR) is 140 cm³/mol. The van der Waals surface area contributed by atoms with E-state index in [0.717, 1.165) is 44.4 Å². The Morgan fingerprint density at radius 1 is 1.03 bits per heavy atom. The molecule has 0 aliphatic rings. The molecule has 0 aromatic carbocycles. The Morgan fingerprint density at radius 2 is 1.82 bits per heavy atom. The van der Waals surface area contributed by atoms with Gasteiger partial charge in [-0.25, -0.2) is 15.0 Å². The minimum absolute atomic E-state index is 0.310. The first kappa shape index (κ1) is 24.1. The lowest BCUT2D eigenvalue weighted by atomic mass is 10.2. The van der Waals surface area contributed by atoms with Crippen molar-refractivity contribution in [2.45, 2.75) is 45.5 Å². The van der Waals surface area contributed by atoms with E-state index in [1.807, 2.05) is 23.1 Å². The summed E-state index contributed by atoms with van der Waals surface area (Å²) in [4.78, 5) is 19.5. The van der Waals surface area contributed by atoms with Crippen LogP contribution in [0.2, 0.25) is 25.7 Å². The third-order valence-corrected chi connectivity index (χ3v) is 7.97. The summed E-state index contributed by atoms with van der Waals surface area (Å²) in [6, 6.07) is 6.97. The predicted octanol–water partition coefficient (Wildman–Crippen LogP) is 5.59. The second-order valence-corrected chi connectivity index (χ2v) is 16.1. The molecule has 0 aliphatic carbocycles. The highest BCUT2D eigenvalue weighted by molar-refractivity contribution is 7.15. The molecule has 4 aromatic heterocycles. The van der Waals surface area contributed by atoms with Crippen molar-refractivity contribution in [2.75, 3.05) is 23.6 Å². The fourth-order valence-corrected chi connectivity index (χ4v) is 4.67. The van der Waals surface area contributed by atoms with E-state index < -0.39 is 8.07 Å². The van der Waals surface area contributed by atoms with Crippen LogP contribution in [-0.2, 0) is 4.74 Å². The summed E-state index contributed by atoms with van der Waals surface area (Å²) in [7, 11) is -1.18. The third kappa shape index (κ3) is 6.30. The molecule has 0 amide bonds. The Bertz CT molecular complexity index is 1230. The highest BCUT2D eigenvalue weighted by Crippen LogP contribution is 2.31. The zero-order valence-electron chi connectivity index (χ0n) is 20.2. The number of hydrogen-bond acceptors (Lipinski definition) is 10. The summed E-state index contributed by atoms with van der Waals surface area (Å²) in [5.41, 5.74) is 3.16. The Labute approximate surface area is 204 Å². The van der Waals surface area contributed by atoms with Crippen LogP contribution in [0, 0.1) is 0 Å². The van der Waals surface area contributed by atoms with Gasteiger partial charge in [0, 0.05) is 20.6 Å².